The lowest BCUT2D eigenvalue weighted by molar-refractivity contribution is 0.188. The molecule has 25 heavy (non-hydrogen) atoms. The van der Waals surface area contributed by atoms with Crippen LogP contribution in [0.4, 0.5) is 5.82 Å². The number of fused-ring (bicyclic) bond motifs is 1. The molecule has 2 N–H and O–H groups in total. The number of aliphatic hydroxyl groups is 2. The van der Waals surface area contributed by atoms with Crippen molar-refractivity contribution in [3.8, 4) is 0 Å². The maximum absolute atomic E-state index is 9.61. The molecule has 2 saturated heterocycles. The summed E-state index contributed by atoms with van der Waals surface area (Å²) in [7, 11) is 0. The molecule has 2 aliphatic rings. The van der Waals surface area contributed by atoms with E-state index in [-0.39, 0.29) is 19.3 Å². The van der Waals surface area contributed by atoms with Crippen LogP contribution in [-0.4, -0.2) is 80.1 Å². The van der Waals surface area contributed by atoms with Crippen molar-refractivity contribution < 1.29 is 10.2 Å². The Morgan fingerprint density at radius 1 is 1.12 bits per heavy atom. The highest BCUT2D eigenvalue weighted by Gasteiger charge is 2.31. The van der Waals surface area contributed by atoms with Gasteiger partial charge in [0.15, 0.2) is 17.0 Å². The van der Waals surface area contributed by atoms with Gasteiger partial charge in [-0.1, -0.05) is 0 Å². The minimum absolute atomic E-state index is 0.0203. The van der Waals surface area contributed by atoms with E-state index in [1.54, 1.807) is 12.7 Å². The average molecular weight is 346 g/mol. The first-order chi connectivity index (χ1) is 12.3. The summed E-state index contributed by atoms with van der Waals surface area (Å²) in [6.45, 7) is 4.37. The van der Waals surface area contributed by atoms with Crippen LogP contribution in [0.15, 0.2) is 12.7 Å². The first-order valence-corrected chi connectivity index (χ1v) is 9.20. The summed E-state index contributed by atoms with van der Waals surface area (Å²) in [5.41, 5.74) is 1.50. The number of aliphatic hydroxyl groups excluding tert-OH is 2. The van der Waals surface area contributed by atoms with Gasteiger partial charge in [-0.05, 0) is 38.8 Å². The number of hydrogen-bond donors (Lipinski definition) is 2. The van der Waals surface area contributed by atoms with Crippen molar-refractivity contribution in [1.29, 1.82) is 0 Å². The maximum Gasteiger partial charge on any atom is 0.165 e. The van der Waals surface area contributed by atoms with Crippen molar-refractivity contribution in [3.05, 3.63) is 12.7 Å². The Bertz CT molecular complexity index is 714. The maximum atomic E-state index is 9.61. The molecular formula is C17H26N6O2. The summed E-state index contributed by atoms with van der Waals surface area (Å²) in [5, 5.41) is 18.8. The molecule has 2 unspecified atom stereocenters. The van der Waals surface area contributed by atoms with Gasteiger partial charge in [-0.2, -0.15) is 0 Å². The molecule has 0 aromatic carbocycles. The van der Waals surface area contributed by atoms with Gasteiger partial charge in [0.1, 0.15) is 6.33 Å². The highest BCUT2D eigenvalue weighted by Crippen LogP contribution is 2.29. The van der Waals surface area contributed by atoms with Gasteiger partial charge in [0, 0.05) is 25.7 Å². The third-order valence-electron chi connectivity index (χ3n) is 5.53. The van der Waals surface area contributed by atoms with Crippen molar-refractivity contribution >= 4 is 17.0 Å². The van der Waals surface area contributed by atoms with Gasteiger partial charge in [-0.15, -0.1) is 0 Å². The Hall–Kier alpha value is -1.77. The van der Waals surface area contributed by atoms with Crippen LogP contribution >= 0.6 is 0 Å². The van der Waals surface area contributed by atoms with Crippen molar-refractivity contribution in [3.63, 3.8) is 0 Å². The van der Waals surface area contributed by atoms with E-state index in [0.717, 1.165) is 36.5 Å². The third-order valence-corrected chi connectivity index (χ3v) is 5.53. The molecule has 4 heterocycles. The van der Waals surface area contributed by atoms with E-state index in [9.17, 15) is 10.2 Å². The Morgan fingerprint density at radius 3 is 2.72 bits per heavy atom. The molecule has 0 amide bonds. The molecule has 0 radical (unpaired) electrons. The van der Waals surface area contributed by atoms with E-state index in [4.69, 9.17) is 0 Å². The number of nitrogens with zero attached hydrogens (tertiary/aromatic N) is 6. The SMILES string of the molecule is OCCC(CO)n1cnc2c(N3CCC(N4CCCC4)C3)ncnc21. The van der Waals surface area contributed by atoms with E-state index in [1.165, 1.54) is 25.9 Å². The van der Waals surface area contributed by atoms with Crippen LogP contribution in [0.3, 0.4) is 0 Å². The molecule has 0 spiro atoms. The summed E-state index contributed by atoms with van der Waals surface area (Å²) in [5.74, 6) is 0.881. The molecule has 4 rings (SSSR count). The molecule has 2 atom stereocenters. The van der Waals surface area contributed by atoms with Gasteiger partial charge in [-0.25, -0.2) is 15.0 Å². The van der Waals surface area contributed by atoms with Crippen LogP contribution in [0.2, 0.25) is 0 Å². The molecule has 2 aliphatic heterocycles. The van der Waals surface area contributed by atoms with E-state index in [1.807, 2.05) is 4.57 Å². The number of hydrogen-bond acceptors (Lipinski definition) is 7. The van der Waals surface area contributed by atoms with Crippen LogP contribution in [0.25, 0.3) is 11.2 Å². The number of aromatic nitrogens is 4. The zero-order chi connectivity index (χ0) is 17.2. The fourth-order valence-corrected chi connectivity index (χ4v) is 4.14. The largest absolute Gasteiger partial charge is 0.396 e. The van der Waals surface area contributed by atoms with Gasteiger partial charge >= 0.3 is 0 Å². The number of imidazole rings is 1. The number of anilines is 1. The molecular weight excluding hydrogens is 320 g/mol. The average Bonchev–Trinajstić information content (AvgIpc) is 3.39. The smallest absolute Gasteiger partial charge is 0.165 e. The van der Waals surface area contributed by atoms with Crippen LogP contribution in [-0.2, 0) is 0 Å². The number of rotatable bonds is 6. The second-order valence-corrected chi connectivity index (χ2v) is 7.00. The summed E-state index contributed by atoms with van der Waals surface area (Å²) in [4.78, 5) is 18.3. The van der Waals surface area contributed by atoms with Crippen LogP contribution in [0.5, 0.6) is 0 Å². The lowest BCUT2D eigenvalue weighted by atomic mass is 10.2. The predicted molar refractivity (Wildman–Crippen MR) is 94.6 cm³/mol. The summed E-state index contributed by atoms with van der Waals surface area (Å²) in [6.07, 6.45) is 7.54. The summed E-state index contributed by atoms with van der Waals surface area (Å²) >= 11 is 0. The zero-order valence-corrected chi connectivity index (χ0v) is 14.5. The number of likely N-dealkylation sites (tertiary alicyclic amines) is 1. The van der Waals surface area contributed by atoms with Crippen molar-refractivity contribution in [2.75, 3.05) is 44.3 Å². The summed E-state index contributed by atoms with van der Waals surface area (Å²) in [6, 6.07) is 0.392. The second kappa shape index (κ2) is 7.23. The van der Waals surface area contributed by atoms with Gasteiger partial charge in [0.25, 0.3) is 0 Å². The van der Waals surface area contributed by atoms with Crippen LogP contribution in [0, 0.1) is 0 Å². The third kappa shape index (κ3) is 3.09. The van der Waals surface area contributed by atoms with Crippen molar-refractivity contribution in [2.45, 2.75) is 37.8 Å². The fraction of sp³-hybridized carbons (Fsp3) is 0.706. The minimum Gasteiger partial charge on any atom is -0.396 e. The van der Waals surface area contributed by atoms with Crippen LogP contribution < -0.4 is 4.90 Å². The molecule has 0 aliphatic carbocycles. The highest BCUT2D eigenvalue weighted by atomic mass is 16.3. The molecule has 2 aromatic rings. The van der Waals surface area contributed by atoms with Gasteiger partial charge in [-0.3, -0.25) is 4.90 Å². The first kappa shape index (κ1) is 16.7. The minimum atomic E-state index is -0.214. The molecule has 8 nitrogen and oxygen atoms in total. The lowest BCUT2D eigenvalue weighted by Crippen LogP contribution is -2.35. The van der Waals surface area contributed by atoms with Gasteiger partial charge < -0.3 is 19.7 Å². The summed E-state index contributed by atoms with van der Waals surface area (Å²) < 4.78 is 1.85. The fourth-order valence-electron chi connectivity index (χ4n) is 4.14. The Morgan fingerprint density at radius 2 is 1.96 bits per heavy atom. The second-order valence-electron chi connectivity index (χ2n) is 7.00. The molecule has 136 valence electrons. The highest BCUT2D eigenvalue weighted by molar-refractivity contribution is 5.83. The first-order valence-electron chi connectivity index (χ1n) is 9.20. The quantitative estimate of drug-likeness (QED) is 0.783. The molecule has 2 fully saturated rings. The Labute approximate surface area is 147 Å². The zero-order valence-electron chi connectivity index (χ0n) is 14.5. The Balaban J connectivity index is 1.59. The normalized spacial score (nSPS) is 23.0. The monoisotopic (exact) mass is 346 g/mol. The standard InChI is InChI=1S/C17H26N6O2/c24-8-4-14(10-25)23-12-20-15-16(18-11-19-17(15)23)22-7-3-13(9-22)21-5-1-2-6-21/h11-14,24-25H,1-10H2. The van der Waals surface area contributed by atoms with Crippen LogP contribution in [0.1, 0.15) is 31.7 Å². The van der Waals surface area contributed by atoms with E-state index < -0.39 is 0 Å². The van der Waals surface area contributed by atoms with Gasteiger partial charge in [0.2, 0.25) is 0 Å². The Kier molecular flexibility index (Phi) is 4.82. The molecule has 0 saturated carbocycles. The topological polar surface area (TPSA) is 90.5 Å². The van der Waals surface area contributed by atoms with Crippen molar-refractivity contribution in [1.82, 2.24) is 24.4 Å². The molecule has 8 heteroatoms. The van der Waals surface area contributed by atoms with E-state index in [2.05, 4.69) is 24.8 Å². The molecule has 0 bridgehead atoms. The van der Waals surface area contributed by atoms with E-state index >= 15 is 0 Å². The van der Waals surface area contributed by atoms with Crippen molar-refractivity contribution in [2.24, 2.45) is 0 Å². The molecule has 2 aromatic heterocycles. The predicted octanol–water partition coefficient (Wildman–Crippen LogP) is 0.417. The lowest BCUT2D eigenvalue weighted by Gasteiger charge is -2.24. The van der Waals surface area contributed by atoms with E-state index in [0.29, 0.717) is 12.5 Å². The van der Waals surface area contributed by atoms with Gasteiger partial charge in [0.05, 0.1) is 19.0 Å².